The van der Waals surface area contributed by atoms with Gasteiger partial charge in [0.2, 0.25) is 10.0 Å². The molecule has 0 radical (unpaired) electrons. The Kier molecular flexibility index (Phi) is 4.28. The van der Waals surface area contributed by atoms with E-state index < -0.39 is 15.8 Å². The Labute approximate surface area is 125 Å². The number of hydrogen-bond donors (Lipinski definition) is 1. The van der Waals surface area contributed by atoms with Gasteiger partial charge in [0.25, 0.3) is 0 Å². The molecule has 2 aliphatic rings. The highest BCUT2D eigenvalue weighted by Crippen LogP contribution is 2.34. The first kappa shape index (κ1) is 14.9. The van der Waals surface area contributed by atoms with Crippen molar-refractivity contribution in [1.82, 2.24) is 9.62 Å². The summed E-state index contributed by atoms with van der Waals surface area (Å²) >= 11 is 0. The van der Waals surface area contributed by atoms with Crippen molar-refractivity contribution in [1.29, 1.82) is 0 Å². The van der Waals surface area contributed by atoms with Crippen LogP contribution < -0.4 is 5.32 Å². The smallest absolute Gasteiger partial charge is 0.246 e. The van der Waals surface area contributed by atoms with Crippen molar-refractivity contribution in [2.75, 3.05) is 19.6 Å². The molecule has 1 saturated heterocycles. The molecule has 3 rings (SSSR count). The average molecular weight is 312 g/mol. The lowest BCUT2D eigenvalue weighted by Gasteiger charge is -2.29. The molecular weight excluding hydrogens is 291 g/mol. The van der Waals surface area contributed by atoms with E-state index in [1.165, 1.54) is 18.2 Å². The van der Waals surface area contributed by atoms with Crippen LogP contribution in [0, 0.1) is 11.7 Å². The minimum absolute atomic E-state index is 0.0597. The second kappa shape index (κ2) is 6.02. The van der Waals surface area contributed by atoms with Crippen molar-refractivity contribution in [3.05, 3.63) is 30.1 Å². The zero-order valence-electron chi connectivity index (χ0n) is 12.0. The molecule has 1 N–H and O–H groups in total. The molecule has 1 aromatic carbocycles. The van der Waals surface area contributed by atoms with E-state index in [-0.39, 0.29) is 10.9 Å². The largest absolute Gasteiger partial charge is 0.317 e. The van der Waals surface area contributed by atoms with Crippen LogP contribution in [0.25, 0.3) is 0 Å². The highest BCUT2D eigenvalue weighted by atomic mass is 32.2. The molecule has 1 saturated carbocycles. The summed E-state index contributed by atoms with van der Waals surface area (Å²) in [5.41, 5.74) is 0. The lowest BCUT2D eigenvalue weighted by Crippen LogP contribution is -2.40. The molecule has 1 heterocycles. The molecular formula is C15H21FN2O2S. The SMILES string of the molecule is O=S(=O)(c1ccccc1F)N(CC1CCNCC1)C1CC1. The fourth-order valence-electron chi connectivity index (χ4n) is 2.90. The molecule has 116 valence electrons. The molecule has 0 atom stereocenters. The first-order valence-corrected chi connectivity index (χ1v) is 9.00. The van der Waals surface area contributed by atoms with Crippen molar-refractivity contribution in [3.63, 3.8) is 0 Å². The summed E-state index contributed by atoms with van der Waals surface area (Å²) in [5.74, 6) is -0.290. The number of hydrogen-bond acceptors (Lipinski definition) is 3. The maximum absolute atomic E-state index is 13.9. The number of rotatable bonds is 5. The minimum Gasteiger partial charge on any atom is -0.317 e. The fraction of sp³-hybridized carbons (Fsp3) is 0.600. The van der Waals surface area contributed by atoms with Crippen LogP contribution in [0.1, 0.15) is 25.7 Å². The number of halogens is 1. The van der Waals surface area contributed by atoms with E-state index >= 15 is 0 Å². The Bertz CT molecular complexity index is 595. The van der Waals surface area contributed by atoms with Gasteiger partial charge in [-0.15, -0.1) is 0 Å². The van der Waals surface area contributed by atoms with Crippen molar-refractivity contribution in [3.8, 4) is 0 Å². The zero-order valence-corrected chi connectivity index (χ0v) is 12.8. The maximum atomic E-state index is 13.9. The monoisotopic (exact) mass is 312 g/mol. The van der Waals surface area contributed by atoms with Crippen molar-refractivity contribution >= 4 is 10.0 Å². The first-order valence-electron chi connectivity index (χ1n) is 7.56. The van der Waals surface area contributed by atoms with E-state index in [0.29, 0.717) is 12.5 Å². The zero-order chi connectivity index (χ0) is 14.9. The highest BCUT2D eigenvalue weighted by Gasteiger charge is 2.40. The molecule has 2 fully saturated rings. The molecule has 0 spiro atoms. The van der Waals surface area contributed by atoms with Gasteiger partial charge in [-0.3, -0.25) is 0 Å². The van der Waals surface area contributed by atoms with E-state index in [1.807, 2.05) is 0 Å². The minimum atomic E-state index is -3.73. The maximum Gasteiger partial charge on any atom is 0.246 e. The molecule has 6 heteroatoms. The van der Waals surface area contributed by atoms with Crippen LogP contribution in [0.2, 0.25) is 0 Å². The summed E-state index contributed by atoms with van der Waals surface area (Å²) in [5, 5.41) is 3.28. The lowest BCUT2D eigenvalue weighted by atomic mass is 9.98. The topological polar surface area (TPSA) is 49.4 Å². The van der Waals surface area contributed by atoms with Crippen molar-refractivity contribution < 1.29 is 12.8 Å². The van der Waals surface area contributed by atoms with Gasteiger partial charge in [0, 0.05) is 12.6 Å². The Morgan fingerprint density at radius 1 is 1.14 bits per heavy atom. The summed E-state index contributed by atoms with van der Waals surface area (Å²) in [6.07, 6.45) is 3.74. The van der Waals surface area contributed by atoms with Gasteiger partial charge >= 0.3 is 0 Å². The molecule has 4 nitrogen and oxygen atoms in total. The fourth-order valence-corrected chi connectivity index (χ4v) is 4.73. The van der Waals surface area contributed by atoms with E-state index in [2.05, 4.69) is 5.32 Å². The molecule has 21 heavy (non-hydrogen) atoms. The Morgan fingerprint density at radius 3 is 2.43 bits per heavy atom. The van der Waals surface area contributed by atoms with Gasteiger partial charge in [-0.2, -0.15) is 4.31 Å². The number of nitrogens with zero attached hydrogens (tertiary/aromatic N) is 1. The van der Waals surface area contributed by atoms with Gasteiger partial charge < -0.3 is 5.32 Å². The second-order valence-corrected chi connectivity index (χ2v) is 7.79. The van der Waals surface area contributed by atoms with Gasteiger partial charge in [-0.25, -0.2) is 12.8 Å². The standard InChI is InChI=1S/C15H21FN2O2S/c16-14-3-1-2-4-15(14)21(19,20)18(13-5-6-13)11-12-7-9-17-10-8-12/h1-4,12-13,17H,5-11H2. The van der Waals surface area contributed by atoms with Crippen LogP contribution in [-0.2, 0) is 10.0 Å². The Balaban J connectivity index is 1.84. The predicted molar refractivity (Wildman–Crippen MR) is 78.9 cm³/mol. The van der Waals surface area contributed by atoms with Crippen molar-refractivity contribution in [2.24, 2.45) is 5.92 Å². The molecule has 0 unspecified atom stereocenters. The molecule has 1 aliphatic carbocycles. The predicted octanol–water partition coefficient (Wildman–Crippen LogP) is 1.98. The highest BCUT2D eigenvalue weighted by molar-refractivity contribution is 7.89. The molecule has 0 aromatic heterocycles. The van der Waals surface area contributed by atoms with Crippen LogP contribution in [0.3, 0.4) is 0 Å². The summed E-state index contributed by atoms with van der Waals surface area (Å²) < 4.78 is 41.0. The third kappa shape index (κ3) is 3.27. The second-order valence-electron chi connectivity index (χ2n) is 5.93. The summed E-state index contributed by atoms with van der Waals surface area (Å²) in [6, 6.07) is 5.73. The third-order valence-corrected chi connectivity index (χ3v) is 6.23. The molecule has 0 bridgehead atoms. The van der Waals surface area contributed by atoms with Crippen LogP contribution in [0.15, 0.2) is 29.2 Å². The Hall–Kier alpha value is -0.980. The third-order valence-electron chi connectivity index (χ3n) is 4.27. The van der Waals surface area contributed by atoms with Gasteiger partial charge in [0.05, 0.1) is 0 Å². The quantitative estimate of drug-likeness (QED) is 0.904. The van der Waals surface area contributed by atoms with Gasteiger partial charge in [0.15, 0.2) is 0 Å². The normalized spacial score (nSPS) is 20.9. The number of nitrogens with one attached hydrogen (secondary N) is 1. The summed E-state index contributed by atoms with van der Waals surface area (Å²) in [7, 11) is -3.73. The Morgan fingerprint density at radius 2 is 1.81 bits per heavy atom. The van der Waals surface area contributed by atoms with E-state index in [0.717, 1.165) is 38.8 Å². The van der Waals surface area contributed by atoms with Crippen LogP contribution in [0.4, 0.5) is 4.39 Å². The van der Waals surface area contributed by atoms with Gasteiger partial charge in [-0.05, 0) is 56.8 Å². The van der Waals surface area contributed by atoms with Crippen LogP contribution in [-0.4, -0.2) is 38.4 Å². The summed E-state index contributed by atoms with van der Waals surface area (Å²) in [6.45, 7) is 2.38. The van der Waals surface area contributed by atoms with Crippen LogP contribution >= 0.6 is 0 Å². The average Bonchev–Trinajstić information content (AvgIpc) is 3.30. The van der Waals surface area contributed by atoms with Gasteiger partial charge in [-0.1, -0.05) is 12.1 Å². The summed E-state index contributed by atoms with van der Waals surface area (Å²) in [4.78, 5) is -0.189. The number of sulfonamides is 1. The van der Waals surface area contributed by atoms with E-state index in [1.54, 1.807) is 10.4 Å². The van der Waals surface area contributed by atoms with Crippen LogP contribution in [0.5, 0.6) is 0 Å². The van der Waals surface area contributed by atoms with E-state index in [9.17, 15) is 12.8 Å². The van der Waals surface area contributed by atoms with Crippen molar-refractivity contribution in [2.45, 2.75) is 36.6 Å². The first-order chi connectivity index (χ1) is 10.1. The molecule has 1 aromatic rings. The molecule has 0 amide bonds. The van der Waals surface area contributed by atoms with Gasteiger partial charge in [0.1, 0.15) is 10.7 Å². The van der Waals surface area contributed by atoms with E-state index in [4.69, 9.17) is 0 Å². The molecule has 1 aliphatic heterocycles. The lowest BCUT2D eigenvalue weighted by molar-refractivity contribution is 0.282. The number of benzene rings is 1. The number of piperidine rings is 1.